The molecule has 3 aromatic rings. The van der Waals surface area contributed by atoms with E-state index in [1.54, 1.807) is 35.0 Å². The number of fused-ring (bicyclic) bond motifs is 1. The molecule has 154 valence electrons. The van der Waals surface area contributed by atoms with Gasteiger partial charge in [0.1, 0.15) is 0 Å². The van der Waals surface area contributed by atoms with Crippen molar-refractivity contribution >= 4 is 23.2 Å². The molecule has 1 fully saturated rings. The number of amides is 1. The number of pyridine rings is 1. The first kappa shape index (κ1) is 18.9. The van der Waals surface area contributed by atoms with Gasteiger partial charge in [-0.15, -0.1) is 0 Å². The first-order valence-electron chi connectivity index (χ1n) is 9.95. The third-order valence-corrected chi connectivity index (χ3v) is 5.68. The lowest BCUT2D eigenvalue weighted by Crippen LogP contribution is -2.24. The van der Waals surface area contributed by atoms with Gasteiger partial charge in [0.25, 0.3) is 5.91 Å². The minimum absolute atomic E-state index is 0.151. The molecule has 0 radical (unpaired) electrons. The van der Waals surface area contributed by atoms with Gasteiger partial charge in [-0.3, -0.25) is 4.79 Å². The van der Waals surface area contributed by atoms with Gasteiger partial charge >= 0.3 is 0 Å². The Morgan fingerprint density at radius 3 is 2.77 bits per heavy atom. The number of hydrogen-bond acceptors (Lipinski definition) is 5. The predicted octanol–water partition coefficient (Wildman–Crippen LogP) is 4.27. The fraction of sp³-hybridized carbons (Fsp3) is 0.318. The van der Waals surface area contributed by atoms with E-state index in [0.717, 1.165) is 23.6 Å². The van der Waals surface area contributed by atoms with E-state index in [-0.39, 0.29) is 5.91 Å². The van der Waals surface area contributed by atoms with Crippen LogP contribution in [0.5, 0.6) is 11.5 Å². The summed E-state index contributed by atoms with van der Waals surface area (Å²) < 4.78 is 13.0. The van der Waals surface area contributed by atoms with Crippen molar-refractivity contribution in [1.29, 1.82) is 0 Å². The Morgan fingerprint density at radius 1 is 1.20 bits per heavy atom. The van der Waals surface area contributed by atoms with Crippen molar-refractivity contribution in [2.45, 2.75) is 25.8 Å². The van der Waals surface area contributed by atoms with Crippen LogP contribution in [0.4, 0.5) is 5.69 Å². The topological polar surface area (TPSA) is 69.5 Å². The van der Waals surface area contributed by atoms with Crippen molar-refractivity contribution in [3.05, 3.63) is 59.0 Å². The van der Waals surface area contributed by atoms with Crippen LogP contribution in [0.3, 0.4) is 0 Å². The van der Waals surface area contributed by atoms with E-state index >= 15 is 0 Å². The van der Waals surface area contributed by atoms with Crippen molar-refractivity contribution in [1.82, 2.24) is 14.8 Å². The summed E-state index contributed by atoms with van der Waals surface area (Å²) in [6, 6.07) is 9.09. The number of aromatic nitrogens is 3. The Hall–Kier alpha value is -3.06. The molecule has 0 spiro atoms. The van der Waals surface area contributed by atoms with E-state index in [9.17, 15) is 4.79 Å². The number of carbonyl (C=O) groups is 1. The highest BCUT2D eigenvalue weighted by Gasteiger charge is 2.33. The van der Waals surface area contributed by atoms with Crippen LogP contribution in [0.15, 0.2) is 42.7 Å². The third-order valence-electron chi connectivity index (χ3n) is 5.45. The Labute approximate surface area is 179 Å². The van der Waals surface area contributed by atoms with Gasteiger partial charge < -0.3 is 14.4 Å². The van der Waals surface area contributed by atoms with E-state index in [1.807, 2.05) is 24.4 Å². The summed E-state index contributed by atoms with van der Waals surface area (Å²) in [6.07, 6.45) is 7.07. The van der Waals surface area contributed by atoms with Crippen LogP contribution in [-0.2, 0) is 6.54 Å². The van der Waals surface area contributed by atoms with Crippen molar-refractivity contribution < 1.29 is 14.3 Å². The summed E-state index contributed by atoms with van der Waals surface area (Å²) in [5.41, 5.74) is 2.02. The lowest BCUT2D eigenvalue weighted by Gasteiger charge is -2.18. The molecule has 7 nitrogen and oxygen atoms in total. The average Bonchev–Trinajstić information content (AvgIpc) is 3.41. The fourth-order valence-electron chi connectivity index (χ4n) is 3.59. The third kappa shape index (κ3) is 3.61. The highest BCUT2D eigenvalue weighted by molar-refractivity contribution is 6.30. The maximum absolute atomic E-state index is 13.0. The molecular weight excluding hydrogens is 404 g/mol. The minimum Gasteiger partial charge on any atom is -0.493 e. The molecular formula is C22H21ClN4O3. The van der Waals surface area contributed by atoms with E-state index < -0.39 is 0 Å². The number of benzene rings is 1. The smallest absolute Gasteiger partial charge is 0.279 e. The Morgan fingerprint density at radius 2 is 2.07 bits per heavy atom. The van der Waals surface area contributed by atoms with E-state index in [2.05, 4.69) is 10.1 Å². The first-order chi connectivity index (χ1) is 14.6. The molecule has 0 N–H and O–H groups in total. The molecule has 5 rings (SSSR count). The molecule has 3 heterocycles. The quantitative estimate of drug-likeness (QED) is 0.566. The van der Waals surface area contributed by atoms with Gasteiger partial charge in [-0.1, -0.05) is 24.4 Å². The molecule has 0 atom stereocenters. The zero-order valence-corrected chi connectivity index (χ0v) is 17.3. The fourth-order valence-corrected chi connectivity index (χ4v) is 3.70. The number of anilines is 1. The molecule has 1 amide bonds. The summed E-state index contributed by atoms with van der Waals surface area (Å²) in [5, 5.41) is 4.98. The van der Waals surface area contributed by atoms with Gasteiger partial charge in [-0.2, -0.15) is 5.10 Å². The van der Waals surface area contributed by atoms with Crippen LogP contribution < -0.4 is 14.4 Å². The summed E-state index contributed by atoms with van der Waals surface area (Å²) in [4.78, 5) is 18.9. The normalized spacial score (nSPS) is 15.4. The number of nitrogens with zero attached hydrogens (tertiary/aromatic N) is 4. The lowest BCUT2D eigenvalue weighted by molar-refractivity contribution is 0.0991. The SMILES string of the molecule is COc1cc(N2Cc3cn(-c4ccc(Cl)cn4)nc3C2=O)ccc1OCCC1CC1. The number of hydrogen-bond donors (Lipinski definition) is 0. The molecule has 2 aromatic heterocycles. The van der Waals surface area contributed by atoms with Gasteiger partial charge in [0.15, 0.2) is 23.0 Å². The molecule has 2 aliphatic rings. The zero-order valence-electron chi connectivity index (χ0n) is 16.5. The molecule has 0 saturated heterocycles. The molecule has 8 heteroatoms. The molecule has 1 aliphatic carbocycles. The highest BCUT2D eigenvalue weighted by atomic mass is 35.5. The monoisotopic (exact) mass is 424 g/mol. The van der Waals surface area contributed by atoms with Crippen LogP contribution >= 0.6 is 11.6 Å². The number of methoxy groups -OCH3 is 1. The highest BCUT2D eigenvalue weighted by Crippen LogP contribution is 2.37. The summed E-state index contributed by atoms with van der Waals surface area (Å²) in [7, 11) is 1.61. The van der Waals surface area contributed by atoms with Crippen LogP contribution in [0.2, 0.25) is 5.02 Å². The lowest BCUT2D eigenvalue weighted by atomic mass is 10.2. The Kier molecular flexibility index (Phi) is 4.83. The summed E-state index contributed by atoms with van der Waals surface area (Å²) in [5.74, 6) is 2.60. The van der Waals surface area contributed by atoms with Gasteiger partial charge in [0, 0.05) is 29.7 Å². The van der Waals surface area contributed by atoms with Crippen molar-refractivity contribution in [3.8, 4) is 17.3 Å². The van der Waals surface area contributed by atoms with Crippen LogP contribution in [0.25, 0.3) is 5.82 Å². The maximum Gasteiger partial charge on any atom is 0.279 e. The number of halogens is 1. The predicted molar refractivity (Wildman–Crippen MR) is 113 cm³/mol. The minimum atomic E-state index is -0.151. The second-order valence-electron chi connectivity index (χ2n) is 7.59. The van der Waals surface area contributed by atoms with Crippen LogP contribution in [0, 0.1) is 5.92 Å². The van der Waals surface area contributed by atoms with E-state index in [4.69, 9.17) is 21.1 Å². The average molecular weight is 425 g/mol. The van der Waals surface area contributed by atoms with Crippen LogP contribution in [0.1, 0.15) is 35.3 Å². The van der Waals surface area contributed by atoms with E-state index in [0.29, 0.717) is 41.2 Å². The number of ether oxygens (including phenoxy) is 2. The summed E-state index contributed by atoms with van der Waals surface area (Å²) in [6.45, 7) is 1.12. The van der Waals surface area contributed by atoms with Gasteiger partial charge in [0.2, 0.25) is 0 Å². The number of carbonyl (C=O) groups excluding carboxylic acids is 1. The standard InChI is InChI=1S/C22H21ClN4O3/c1-29-19-10-17(5-6-18(19)30-9-8-14-2-3-14)26-12-15-13-27(25-21(15)22(26)28)20-7-4-16(23)11-24-20/h4-7,10-11,13-14H,2-3,8-9,12H2,1H3. The van der Waals surface area contributed by atoms with E-state index in [1.165, 1.54) is 12.8 Å². The molecule has 1 aromatic carbocycles. The Balaban J connectivity index is 1.33. The Bertz CT molecular complexity index is 1090. The molecule has 0 bridgehead atoms. The van der Waals surface area contributed by atoms with Gasteiger partial charge in [0.05, 0.1) is 25.3 Å². The molecule has 30 heavy (non-hydrogen) atoms. The second-order valence-corrected chi connectivity index (χ2v) is 8.03. The van der Waals surface area contributed by atoms with Crippen molar-refractivity contribution in [2.24, 2.45) is 5.92 Å². The van der Waals surface area contributed by atoms with Crippen molar-refractivity contribution in [2.75, 3.05) is 18.6 Å². The van der Waals surface area contributed by atoms with Crippen LogP contribution in [-0.4, -0.2) is 34.4 Å². The second kappa shape index (κ2) is 7.65. The zero-order chi connectivity index (χ0) is 20.7. The summed E-state index contributed by atoms with van der Waals surface area (Å²) >= 11 is 5.89. The molecule has 0 unspecified atom stereocenters. The first-order valence-corrected chi connectivity index (χ1v) is 10.3. The van der Waals surface area contributed by atoms with Gasteiger partial charge in [-0.05, 0) is 36.6 Å². The molecule has 1 saturated carbocycles. The number of rotatable bonds is 7. The maximum atomic E-state index is 13.0. The van der Waals surface area contributed by atoms with Gasteiger partial charge in [-0.25, -0.2) is 9.67 Å². The largest absolute Gasteiger partial charge is 0.493 e. The van der Waals surface area contributed by atoms with Crippen molar-refractivity contribution in [3.63, 3.8) is 0 Å². The molecule has 1 aliphatic heterocycles.